The van der Waals surface area contributed by atoms with Crippen molar-refractivity contribution in [3.63, 3.8) is 0 Å². The first-order valence-electron chi connectivity index (χ1n) is 32.3. The van der Waals surface area contributed by atoms with Crippen LogP contribution < -0.4 is 0 Å². The van der Waals surface area contributed by atoms with E-state index in [9.17, 15) is 14.4 Å². The molecule has 0 aliphatic carbocycles. The van der Waals surface area contributed by atoms with E-state index < -0.39 is 12.1 Å². The maximum atomic E-state index is 12.8. The number of rotatable bonds is 59. The highest BCUT2D eigenvalue weighted by Gasteiger charge is 2.19. The van der Waals surface area contributed by atoms with Crippen LogP contribution in [-0.4, -0.2) is 37.2 Å². The molecule has 74 heavy (non-hydrogen) atoms. The molecule has 0 N–H and O–H groups in total. The highest BCUT2D eigenvalue weighted by molar-refractivity contribution is 5.72. The average Bonchev–Trinajstić information content (AvgIpc) is 3.40. The van der Waals surface area contributed by atoms with Crippen molar-refractivity contribution in [1.82, 2.24) is 0 Å². The SMILES string of the molecule is CC/C=C\C/C=C\C/C=C\C/C=C\C/C=C\CC(=O)OC(COC(=O)CCCCCCCCCCCC)COC(=O)CCCCCCCCCCCCCCCCCCCCCCCCCCCCCCCCC. The van der Waals surface area contributed by atoms with E-state index in [-0.39, 0.29) is 31.6 Å². The van der Waals surface area contributed by atoms with Crippen LogP contribution in [0.5, 0.6) is 0 Å². The van der Waals surface area contributed by atoms with Gasteiger partial charge >= 0.3 is 17.9 Å². The van der Waals surface area contributed by atoms with E-state index in [0.29, 0.717) is 12.8 Å². The van der Waals surface area contributed by atoms with Gasteiger partial charge < -0.3 is 14.2 Å². The smallest absolute Gasteiger partial charge is 0.310 e. The number of unbranched alkanes of at least 4 members (excludes halogenated alkanes) is 39. The quantitative estimate of drug-likeness (QED) is 0.0261. The first-order valence-corrected chi connectivity index (χ1v) is 32.3. The Hall–Kier alpha value is -2.89. The first-order chi connectivity index (χ1) is 36.5. The van der Waals surface area contributed by atoms with Crippen LogP contribution in [0.15, 0.2) is 60.8 Å². The molecule has 0 amide bonds. The summed E-state index contributed by atoms with van der Waals surface area (Å²) < 4.78 is 16.7. The molecule has 0 heterocycles. The Morgan fingerprint density at radius 2 is 0.514 bits per heavy atom. The summed E-state index contributed by atoms with van der Waals surface area (Å²) in [5.74, 6) is -1.03. The molecule has 0 saturated heterocycles. The van der Waals surface area contributed by atoms with Crippen LogP contribution in [0.25, 0.3) is 0 Å². The number of carbonyl (C=O) groups is 3. The summed E-state index contributed by atoms with van der Waals surface area (Å²) in [6.45, 7) is 6.47. The fraction of sp³-hybridized carbons (Fsp3) is 0.809. The van der Waals surface area contributed by atoms with Gasteiger partial charge in [-0.2, -0.15) is 0 Å². The highest BCUT2D eigenvalue weighted by Crippen LogP contribution is 2.18. The van der Waals surface area contributed by atoms with Crippen LogP contribution in [0.2, 0.25) is 0 Å². The lowest BCUT2D eigenvalue weighted by atomic mass is 10.0. The van der Waals surface area contributed by atoms with E-state index in [1.54, 1.807) is 6.08 Å². The molecule has 6 nitrogen and oxygen atoms in total. The third-order valence-electron chi connectivity index (χ3n) is 14.3. The van der Waals surface area contributed by atoms with Crippen LogP contribution in [0.3, 0.4) is 0 Å². The fourth-order valence-corrected chi connectivity index (χ4v) is 9.52. The summed E-state index contributed by atoms with van der Waals surface area (Å²) in [6, 6.07) is 0. The lowest BCUT2D eigenvalue weighted by Crippen LogP contribution is -2.30. The van der Waals surface area contributed by atoms with Gasteiger partial charge in [0.25, 0.3) is 0 Å². The van der Waals surface area contributed by atoms with E-state index in [2.05, 4.69) is 69.4 Å². The van der Waals surface area contributed by atoms with Gasteiger partial charge in [-0.3, -0.25) is 14.4 Å². The molecule has 0 aromatic heterocycles. The first kappa shape index (κ1) is 71.1. The van der Waals surface area contributed by atoms with E-state index in [4.69, 9.17) is 14.2 Å². The molecule has 0 aliphatic heterocycles. The van der Waals surface area contributed by atoms with Gasteiger partial charge in [-0.05, 0) is 44.9 Å². The monoisotopic (exact) mass is 1030 g/mol. The number of allylic oxidation sites excluding steroid dienone is 9. The average molecular weight is 1040 g/mol. The summed E-state index contributed by atoms with van der Waals surface area (Å²) in [5, 5.41) is 0. The van der Waals surface area contributed by atoms with Crippen molar-refractivity contribution in [3.05, 3.63) is 60.8 Å². The van der Waals surface area contributed by atoms with Gasteiger partial charge in [0, 0.05) is 12.8 Å². The predicted molar refractivity (Wildman–Crippen MR) is 321 cm³/mol. The normalized spacial score (nSPS) is 12.4. The van der Waals surface area contributed by atoms with E-state index in [0.717, 1.165) is 70.6 Å². The third-order valence-corrected chi connectivity index (χ3v) is 14.3. The molecular formula is C68H122O6. The number of hydrogen-bond donors (Lipinski definition) is 0. The second-order valence-electron chi connectivity index (χ2n) is 21.7. The minimum absolute atomic E-state index is 0.101. The van der Waals surface area contributed by atoms with Crippen LogP contribution in [0.1, 0.15) is 335 Å². The van der Waals surface area contributed by atoms with Gasteiger partial charge in [-0.1, -0.05) is 332 Å². The van der Waals surface area contributed by atoms with Crippen molar-refractivity contribution >= 4 is 17.9 Å². The topological polar surface area (TPSA) is 78.9 Å². The third kappa shape index (κ3) is 60.0. The van der Waals surface area contributed by atoms with E-state index in [1.807, 2.05) is 6.08 Å². The Morgan fingerprint density at radius 3 is 0.770 bits per heavy atom. The molecule has 6 heteroatoms. The zero-order chi connectivity index (χ0) is 53.6. The van der Waals surface area contributed by atoms with E-state index in [1.165, 1.54) is 225 Å². The second kappa shape index (κ2) is 62.6. The number of esters is 3. The molecule has 0 aromatic rings. The van der Waals surface area contributed by atoms with Crippen LogP contribution in [0, 0.1) is 0 Å². The van der Waals surface area contributed by atoms with Crippen LogP contribution in [-0.2, 0) is 28.6 Å². The van der Waals surface area contributed by atoms with Crippen molar-refractivity contribution in [2.75, 3.05) is 13.2 Å². The summed E-state index contributed by atoms with van der Waals surface area (Å²) in [4.78, 5) is 38.0. The lowest BCUT2D eigenvalue weighted by Gasteiger charge is -2.18. The number of ether oxygens (including phenoxy) is 3. The lowest BCUT2D eigenvalue weighted by molar-refractivity contribution is -0.166. The van der Waals surface area contributed by atoms with Crippen molar-refractivity contribution in [2.45, 2.75) is 341 Å². The standard InChI is InChI=1S/C68H122O6/c1-4-7-10-13-16-19-22-24-26-27-28-29-30-31-32-33-34-35-36-37-38-39-40-41-43-44-46-49-52-55-58-61-67(70)73-64-65(63-72-66(69)60-57-54-51-48-21-18-15-12-9-6-3)74-68(71)62-59-56-53-50-47-45-42-25-23-20-17-14-11-8-5-2/h8,11,17,20,25,42,47,50,56,59,65H,4-7,9-10,12-16,18-19,21-24,26-41,43-46,48-49,51-55,57-58,60-64H2,1-3H3/b11-8-,20-17-,42-25-,50-47-,59-56-. The molecule has 430 valence electrons. The van der Waals surface area contributed by atoms with Crippen molar-refractivity contribution in [2.24, 2.45) is 0 Å². The van der Waals surface area contributed by atoms with Crippen molar-refractivity contribution in [3.8, 4) is 0 Å². The molecule has 0 saturated carbocycles. The van der Waals surface area contributed by atoms with Crippen molar-refractivity contribution < 1.29 is 28.6 Å². The minimum Gasteiger partial charge on any atom is -0.462 e. The van der Waals surface area contributed by atoms with Gasteiger partial charge in [-0.15, -0.1) is 0 Å². The molecule has 0 spiro atoms. The molecule has 0 rings (SSSR count). The Labute approximate surface area is 460 Å². The minimum atomic E-state index is -0.825. The van der Waals surface area contributed by atoms with Crippen molar-refractivity contribution in [1.29, 1.82) is 0 Å². The Balaban J connectivity index is 4.11. The zero-order valence-corrected chi connectivity index (χ0v) is 49.4. The molecule has 0 radical (unpaired) electrons. The highest BCUT2D eigenvalue weighted by atomic mass is 16.6. The van der Waals surface area contributed by atoms with E-state index >= 15 is 0 Å². The Kier molecular flexibility index (Phi) is 60.2. The summed E-state index contributed by atoms with van der Waals surface area (Å²) in [7, 11) is 0. The predicted octanol–water partition coefficient (Wildman–Crippen LogP) is 21.9. The molecule has 0 aliphatic rings. The molecule has 1 atom stereocenters. The summed E-state index contributed by atoms with van der Waals surface area (Å²) in [6.07, 6.45) is 80.1. The summed E-state index contributed by atoms with van der Waals surface area (Å²) >= 11 is 0. The van der Waals surface area contributed by atoms with Gasteiger partial charge in [0.1, 0.15) is 13.2 Å². The molecule has 0 aromatic carbocycles. The Bertz CT molecular complexity index is 1330. The second-order valence-corrected chi connectivity index (χ2v) is 21.7. The number of hydrogen-bond acceptors (Lipinski definition) is 6. The largest absolute Gasteiger partial charge is 0.462 e. The zero-order valence-electron chi connectivity index (χ0n) is 49.4. The van der Waals surface area contributed by atoms with Gasteiger partial charge in [0.15, 0.2) is 6.10 Å². The molecule has 0 fully saturated rings. The summed E-state index contributed by atoms with van der Waals surface area (Å²) in [5.41, 5.74) is 0. The number of carbonyl (C=O) groups excluding carboxylic acids is 3. The maximum absolute atomic E-state index is 12.8. The molecule has 0 bridgehead atoms. The van der Waals surface area contributed by atoms with Gasteiger partial charge in [0.2, 0.25) is 0 Å². The molecular weight excluding hydrogens is 913 g/mol. The Morgan fingerprint density at radius 1 is 0.284 bits per heavy atom. The van der Waals surface area contributed by atoms with Crippen LogP contribution >= 0.6 is 0 Å². The maximum Gasteiger partial charge on any atom is 0.310 e. The van der Waals surface area contributed by atoms with Crippen LogP contribution in [0.4, 0.5) is 0 Å². The van der Waals surface area contributed by atoms with Gasteiger partial charge in [0.05, 0.1) is 6.42 Å². The van der Waals surface area contributed by atoms with Gasteiger partial charge in [-0.25, -0.2) is 0 Å². The fourth-order valence-electron chi connectivity index (χ4n) is 9.52. The molecule has 1 unspecified atom stereocenters.